The third-order valence-corrected chi connectivity index (χ3v) is 5.15. The van der Waals surface area contributed by atoms with Crippen LogP contribution in [0.5, 0.6) is 0 Å². The zero-order chi connectivity index (χ0) is 16.4. The van der Waals surface area contributed by atoms with E-state index < -0.39 is 0 Å². The maximum absolute atomic E-state index is 12.2. The fourth-order valence-corrected chi connectivity index (χ4v) is 3.45. The molecule has 1 aromatic rings. The van der Waals surface area contributed by atoms with Crippen LogP contribution in [-0.4, -0.2) is 29.9 Å². The number of piperidine rings is 1. The quantitative estimate of drug-likeness (QED) is 0.930. The molecule has 3 rings (SSSR count). The molecule has 1 saturated carbocycles. The molecule has 1 aromatic carbocycles. The zero-order valence-electron chi connectivity index (χ0n) is 14.0. The standard InChI is InChI=1S/C19H25N3O/c1-13-12-22(19(23)17-7-8-17)10-9-18(13)21-14(2)16-5-3-15(11-20)4-6-16/h3-6,13-14,17-18,21H,7-10,12H2,1-2H3/t13-,14+,18+/m1/s1. The van der Waals surface area contributed by atoms with Crippen LogP contribution in [0, 0.1) is 23.2 Å². The van der Waals surface area contributed by atoms with Crippen LogP contribution in [0.25, 0.3) is 0 Å². The van der Waals surface area contributed by atoms with Crippen LogP contribution in [0.15, 0.2) is 24.3 Å². The highest BCUT2D eigenvalue weighted by atomic mass is 16.2. The number of carbonyl (C=O) groups excluding carboxylic acids is 1. The van der Waals surface area contributed by atoms with Crippen molar-refractivity contribution in [2.75, 3.05) is 13.1 Å². The first kappa shape index (κ1) is 16.0. The van der Waals surface area contributed by atoms with Crippen molar-refractivity contribution in [3.63, 3.8) is 0 Å². The van der Waals surface area contributed by atoms with Crippen LogP contribution in [0.4, 0.5) is 0 Å². The van der Waals surface area contributed by atoms with Gasteiger partial charge in [0.1, 0.15) is 0 Å². The molecule has 4 heteroatoms. The summed E-state index contributed by atoms with van der Waals surface area (Å²) in [7, 11) is 0. The van der Waals surface area contributed by atoms with E-state index in [4.69, 9.17) is 5.26 Å². The molecule has 1 amide bonds. The van der Waals surface area contributed by atoms with Gasteiger partial charge in [-0.1, -0.05) is 19.1 Å². The number of nitrogens with zero attached hydrogens (tertiary/aromatic N) is 2. The van der Waals surface area contributed by atoms with Gasteiger partial charge in [-0.05, 0) is 49.8 Å². The van der Waals surface area contributed by atoms with Crippen LogP contribution in [0.2, 0.25) is 0 Å². The second kappa shape index (κ2) is 6.72. The van der Waals surface area contributed by atoms with E-state index in [0.717, 1.165) is 32.4 Å². The van der Waals surface area contributed by atoms with Crippen LogP contribution >= 0.6 is 0 Å². The molecule has 1 N–H and O–H groups in total. The first-order valence-corrected chi connectivity index (χ1v) is 8.63. The minimum atomic E-state index is 0.251. The summed E-state index contributed by atoms with van der Waals surface area (Å²) in [5, 5.41) is 12.6. The molecule has 2 aliphatic rings. The predicted molar refractivity (Wildman–Crippen MR) is 89.6 cm³/mol. The van der Waals surface area contributed by atoms with E-state index in [9.17, 15) is 4.79 Å². The average molecular weight is 311 g/mol. The zero-order valence-corrected chi connectivity index (χ0v) is 14.0. The summed E-state index contributed by atoms with van der Waals surface area (Å²) in [5.41, 5.74) is 1.90. The normalized spacial score (nSPS) is 25.7. The number of benzene rings is 1. The molecule has 0 radical (unpaired) electrons. The predicted octanol–water partition coefficient (Wildman–Crippen LogP) is 2.86. The van der Waals surface area contributed by atoms with Crippen LogP contribution < -0.4 is 5.32 Å². The lowest BCUT2D eigenvalue weighted by Gasteiger charge is -2.39. The Balaban J connectivity index is 1.55. The molecule has 1 heterocycles. The van der Waals surface area contributed by atoms with Crippen molar-refractivity contribution < 1.29 is 4.79 Å². The number of nitrogens with one attached hydrogen (secondary N) is 1. The lowest BCUT2D eigenvalue weighted by molar-refractivity contribution is -0.134. The summed E-state index contributed by atoms with van der Waals surface area (Å²) in [6.45, 7) is 6.13. The molecule has 0 aromatic heterocycles. The highest BCUT2D eigenvalue weighted by molar-refractivity contribution is 5.81. The Morgan fingerprint density at radius 3 is 2.57 bits per heavy atom. The van der Waals surface area contributed by atoms with Crippen molar-refractivity contribution in [3.8, 4) is 6.07 Å². The van der Waals surface area contributed by atoms with Gasteiger partial charge >= 0.3 is 0 Å². The Morgan fingerprint density at radius 2 is 2.00 bits per heavy atom. The number of amides is 1. The minimum Gasteiger partial charge on any atom is -0.342 e. The minimum absolute atomic E-state index is 0.251. The average Bonchev–Trinajstić information content (AvgIpc) is 3.41. The Labute approximate surface area is 138 Å². The molecular weight excluding hydrogens is 286 g/mol. The van der Waals surface area contributed by atoms with E-state index in [1.807, 2.05) is 24.3 Å². The van der Waals surface area contributed by atoms with Crippen molar-refractivity contribution in [1.82, 2.24) is 10.2 Å². The number of rotatable bonds is 4. The van der Waals surface area contributed by atoms with Crippen molar-refractivity contribution >= 4 is 5.91 Å². The van der Waals surface area contributed by atoms with Crippen molar-refractivity contribution in [2.45, 2.75) is 45.2 Å². The van der Waals surface area contributed by atoms with E-state index in [-0.39, 0.29) is 6.04 Å². The Hall–Kier alpha value is -1.86. The fourth-order valence-electron chi connectivity index (χ4n) is 3.45. The van der Waals surface area contributed by atoms with Gasteiger partial charge in [-0.15, -0.1) is 0 Å². The van der Waals surface area contributed by atoms with Crippen LogP contribution in [0.1, 0.15) is 50.3 Å². The summed E-state index contributed by atoms with van der Waals surface area (Å²) in [6.07, 6.45) is 3.18. The maximum atomic E-state index is 12.2. The van der Waals surface area contributed by atoms with Crippen molar-refractivity contribution in [1.29, 1.82) is 5.26 Å². The number of nitriles is 1. The topological polar surface area (TPSA) is 56.1 Å². The largest absolute Gasteiger partial charge is 0.342 e. The molecule has 1 aliphatic carbocycles. The first-order chi connectivity index (χ1) is 11.1. The van der Waals surface area contributed by atoms with Crippen LogP contribution in [0.3, 0.4) is 0 Å². The molecule has 2 fully saturated rings. The van der Waals surface area contributed by atoms with E-state index >= 15 is 0 Å². The fraction of sp³-hybridized carbons (Fsp3) is 0.579. The smallest absolute Gasteiger partial charge is 0.225 e. The molecule has 0 bridgehead atoms. The SMILES string of the molecule is C[C@H](N[C@H]1CCN(C(=O)C2CC2)C[C@H]1C)c1ccc(C#N)cc1. The van der Waals surface area contributed by atoms with Gasteiger partial charge in [-0.25, -0.2) is 0 Å². The summed E-state index contributed by atoms with van der Waals surface area (Å²) in [4.78, 5) is 14.3. The molecule has 0 unspecified atom stereocenters. The maximum Gasteiger partial charge on any atom is 0.225 e. The molecule has 23 heavy (non-hydrogen) atoms. The van der Waals surface area contributed by atoms with Gasteiger partial charge < -0.3 is 10.2 Å². The van der Waals surface area contributed by atoms with Crippen LogP contribution in [-0.2, 0) is 4.79 Å². The lowest BCUT2D eigenvalue weighted by atomic mass is 9.92. The summed E-state index contributed by atoms with van der Waals surface area (Å²) in [5.74, 6) is 1.16. The molecule has 3 atom stereocenters. The number of carbonyl (C=O) groups is 1. The highest BCUT2D eigenvalue weighted by Crippen LogP contribution is 2.32. The molecule has 4 nitrogen and oxygen atoms in total. The van der Waals surface area contributed by atoms with Gasteiger partial charge in [-0.3, -0.25) is 4.79 Å². The molecule has 1 saturated heterocycles. The number of hydrogen-bond acceptors (Lipinski definition) is 3. The monoisotopic (exact) mass is 311 g/mol. The third-order valence-electron chi connectivity index (χ3n) is 5.15. The van der Waals surface area contributed by atoms with E-state index in [1.165, 1.54) is 5.56 Å². The second-order valence-corrected chi connectivity index (χ2v) is 7.05. The molecular formula is C19H25N3O. The summed E-state index contributed by atoms with van der Waals surface area (Å²) in [6, 6.07) is 10.6. The first-order valence-electron chi connectivity index (χ1n) is 8.63. The van der Waals surface area contributed by atoms with Crippen molar-refractivity contribution in [3.05, 3.63) is 35.4 Å². The Kier molecular flexibility index (Phi) is 4.68. The third kappa shape index (κ3) is 3.73. The van der Waals surface area contributed by atoms with Gasteiger partial charge in [-0.2, -0.15) is 5.26 Å². The summed E-state index contributed by atoms with van der Waals surface area (Å²) >= 11 is 0. The Morgan fingerprint density at radius 1 is 1.30 bits per heavy atom. The van der Waals surface area contributed by atoms with Gasteiger partial charge in [0, 0.05) is 31.1 Å². The molecule has 0 spiro atoms. The number of likely N-dealkylation sites (tertiary alicyclic amines) is 1. The van der Waals surface area contributed by atoms with Gasteiger partial charge in [0.2, 0.25) is 5.91 Å². The van der Waals surface area contributed by atoms with Gasteiger partial charge in [0.15, 0.2) is 0 Å². The number of hydrogen-bond donors (Lipinski definition) is 1. The Bertz CT molecular complexity index is 600. The highest BCUT2D eigenvalue weighted by Gasteiger charge is 2.37. The van der Waals surface area contributed by atoms with Gasteiger partial charge in [0.05, 0.1) is 11.6 Å². The van der Waals surface area contributed by atoms with E-state index in [2.05, 4.69) is 30.1 Å². The van der Waals surface area contributed by atoms with Crippen molar-refractivity contribution in [2.24, 2.45) is 11.8 Å². The van der Waals surface area contributed by atoms with E-state index in [0.29, 0.717) is 29.3 Å². The lowest BCUT2D eigenvalue weighted by Crippen LogP contribution is -2.50. The molecule has 1 aliphatic heterocycles. The second-order valence-electron chi connectivity index (χ2n) is 7.05. The summed E-state index contributed by atoms with van der Waals surface area (Å²) < 4.78 is 0. The van der Waals surface area contributed by atoms with E-state index in [1.54, 1.807) is 0 Å². The van der Waals surface area contributed by atoms with Gasteiger partial charge in [0.25, 0.3) is 0 Å². The molecule has 122 valence electrons.